The predicted molar refractivity (Wildman–Crippen MR) is 152 cm³/mol. The van der Waals surface area contributed by atoms with Gasteiger partial charge in [-0.3, -0.25) is 14.4 Å². The van der Waals surface area contributed by atoms with Crippen molar-refractivity contribution in [1.29, 1.82) is 0 Å². The number of aliphatic carboxylic acids is 1. The minimum Gasteiger partial charge on any atom is -0.489 e. The number of carboxylic acids is 1. The molecule has 2 aliphatic rings. The van der Waals surface area contributed by atoms with Crippen molar-refractivity contribution in [2.75, 3.05) is 5.32 Å². The smallest absolute Gasteiger partial charge is 0.312 e. The van der Waals surface area contributed by atoms with Crippen LogP contribution in [0.2, 0.25) is 0 Å². The zero-order chi connectivity index (χ0) is 28.1. The van der Waals surface area contributed by atoms with E-state index in [9.17, 15) is 14.4 Å². The summed E-state index contributed by atoms with van der Waals surface area (Å²) in [6, 6.07) is 17.9. The maximum atomic E-state index is 12.1. The molecule has 0 radical (unpaired) electrons. The fraction of sp³-hybridized carbons (Fsp3) is 0.364. The number of amides is 1. The number of fused-ring (bicyclic) bond motifs is 1. The highest BCUT2D eigenvalue weighted by Gasteiger charge is 2.25. The Morgan fingerprint density at radius 2 is 1.82 bits per heavy atom. The number of Topliss-reactive ketones (excluding diaryl/α,β-unsaturated/α-hetero) is 1. The SMILES string of the molecule is Cc1cc(NC(=O)CC(=O)O)c2c(c1Oc1ccc(OCc3ccccc3)c(CCC3CCC(=O)C3)c1)CCC2. The number of hydrogen-bond donors (Lipinski definition) is 2. The van der Waals surface area contributed by atoms with Crippen LogP contribution in [0.15, 0.2) is 54.6 Å². The van der Waals surface area contributed by atoms with E-state index in [0.29, 0.717) is 42.6 Å². The Morgan fingerprint density at radius 3 is 2.58 bits per heavy atom. The van der Waals surface area contributed by atoms with Gasteiger partial charge in [-0.15, -0.1) is 0 Å². The van der Waals surface area contributed by atoms with E-state index in [1.807, 2.05) is 61.5 Å². The van der Waals surface area contributed by atoms with Crippen LogP contribution < -0.4 is 14.8 Å². The monoisotopic (exact) mass is 541 g/mol. The van der Waals surface area contributed by atoms with Crippen molar-refractivity contribution in [2.45, 2.75) is 71.3 Å². The molecule has 5 rings (SSSR count). The van der Waals surface area contributed by atoms with Gasteiger partial charge in [0.15, 0.2) is 0 Å². The largest absolute Gasteiger partial charge is 0.489 e. The predicted octanol–water partition coefficient (Wildman–Crippen LogP) is 6.57. The number of hydrogen-bond acceptors (Lipinski definition) is 5. The fourth-order valence-electron chi connectivity index (χ4n) is 5.79. The average Bonchev–Trinajstić information content (AvgIpc) is 3.58. The van der Waals surface area contributed by atoms with E-state index >= 15 is 0 Å². The van der Waals surface area contributed by atoms with Crippen molar-refractivity contribution >= 4 is 23.3 Å². The van der Waals surface area contributed by atoms with Gasteiger partial charge < -0.3 is 19.9 Å². The number of anilines is 1. The molecule has 7 heteroatoms. The van der Waals surface area contributed by atoms with Gasteiger partial charge >= 0.3 is 5.97 Å². The van der Waals surface area contributed by atoms with Gasteiger partial charge in [-0.05, 0) is 97.9 Å². The summed E-state index contributed by atoms with van der Waals surface area (Å²) in [6.07, 6.45) is 6.02. The highest BCUT2D eigenvalue weighted by atomic mass is 16.5. The van der Waals surface area contributed by atoms with Gasteiger partial charge in [0.2, 0.25) is 5.91 Å². The number of carbonyl (C=O) groups is 3. The summed E-state index contributed by atoms with van der Waals surface area (Å²) in [5.74, 6) is 1.40. The molecule has 208 valence electrons. The van der Waals surface area contributed by atoms with E-state index in [2.05, 4.69) is 5.32 Å². The van der Waals surface area contributed by atoms with Crippen LogP contribution in [-0.2, 0) is 40.3 Å². The van der Waals surface area contributed by atoms with Crippen LogP contribution in [-0.4, -0.2) is 22.8 Å². The minimum atomic E-state index is -1.16. The van der Waals surface area contributed by atoms with E-state index in [4.69, 9.17) is 14.6 Å². The molecule has 2 aliphatic carbocycles. The van der Waals surface area contributed by atoms with E-state index in [1.165, 1.54) is 0 Å². The maximum Gasteiger partial charge on any atom is 0.312 e. The van der Waals surface area contributed by atoms with Crippen LogP contribution in [0.5, 0.6) is 17.2 Å². The summed E-state index contributed by atoms with van der Waals surface area (Å²) in [4.78, 5) is 34.9. The maximum absolute atomic E-state index is 12.1. The Labute approximate surface area is 234 Å². The zero-order valence-electron chi connectivity index (χ0n) is 22.8. The van der Waals surface area contributed by atoms with Gasteiger partial charge in [-0.2, -0.15) is 0 Å². The van der Waals surface area contributed by atoms with E-state index in [1.54, 1.807) is 0 Å². The Bertz CT molecular complexity index is 1410. The van der Waals surface area contributed by atoms with Gasteiger partial charge in [-0.25, -0.2) is 0 Å². The van der Waals surface area contributed by atoms with Gasteiger partial charge in [0.25, 0.3) is 0 Å². The Balaban J connectivity index is 1.38. The molecule has 40 heavy (non-hydrogen) atoms. The summed E-state index contributed by atoms with van der Waals surface area (Å²) in [5.41, 5.74) is 5.76. The molecule has 3 aromatic rings. The summed E-state index contributed by atoms with van der Waals surface area (Å²) < 4.78 is 12.7. The first-order valence-corrected chi connectivity index (χ1v) is 14.0. The van der Waals surface area contributed by atoms with Crippen LogP contribution in [0.4, 0.5) is 5.69 Å². The van der Waals surface area contributed by atoms with E-state index in [0.717, 1.165) is 77.8 Å². The third-order valence-corrected chi connectivity index (χ3v) is 7.78. The number of nitrogens with one attached hydrogen (secondary N) is 1. The number of ether oxygens (including phenoxy) is 2. The van der Waals surface area contributed by atoms with Crippen LogP contribution in [0.3, 0.4) is 0 Å². The van der Waals surface area contributed by atoms with Crippen LogP contribution >= 0.6 is 0 Å². The number of ketones is 1. The van der Waals surface area contributed by atoms with Crippen molar-refractivity contribution in [1.82, 2.24) is 0 Å². The highest BCUT2D eigenvalue weighted by molar-refractivity contribution is 6.02. The second-order valence-electron chi connectivity index (χ2n) is 10.8. The van der Waals surface area contributed by atoms with Crippen molar-refractivity contribution in [2.24, 2.45) is 5.92 Å². The second-order valence-corrected chi connectivity index (χ2v) is 10.8. The summed E-state index contributed by atoms with van der Waals surface area (Å²) in [7, 11) is 0. The Kier molecular flexibility index (Phi) is 8.48. The zero-order valence-corrected chi connectivity index (χ0v) is 22.8. The first kappa shape index (κ1) is 27.4. The van der Waals surface area contributed by atoms with Crippen molar-refractivity contribution in [3.8, 4) is 17.2 Å². The number of aryl methyl sites for hydroxylation is 2. The molecule has 1 atom stereocenters. The molecule has 0 bridgehead atoms. The highest BCUT2D eigenvalue weighted by Crippen LogP contribution is 2.41. The molecule has 0 aromatic heterocycles. The molecule has 7 nitrogen and oxygen atoms in total. The van der Waals surface area contributed by atoms with Crippen molar-refractivity contribution in [3.63, 3.8) is 0 Å². The van der Waals surface area contributed by atoms with Crippen LogP contribution in [0.1, 0.15) is 66.3 Å². The molecule has 1 fully saturated rings. The molecule has 2 N–H and O–H groups in total. The average molecular weight is 542 g/mol. The summed E-state index contributed by atoms with van der Waals surface area (Å²) >= 11 is 0. The molecule has 1 amide bonds. The molecule has 0 heterocycles. The van der Waals surface area contributed by atoms with Crippen molar-refractivity contribution < 1.29 is 29.0 Å². The lowest BCUT2D eigenvalue weighted by Crippen LogP contribution is -2.17. The van der Waals surface area contributed by atoms with Crippen LogP contribution in [0.25, 0.3) is 0 Å². The quantitative estimate of drug-likeness (QED) is 0.266. The second kappa shape index (κ2) is 12.4. The standard InChI is InChI=1S/C33H35NO6/c1-21-16-29(34-31(36)19-32(37)38)27-8-5-9-28(27)33(21)40-26-14-15-30(39-20-23-6-3-2-4-7-23)24(18-26)12-10-22-11-13-25(35)17-22/h2-4,6-7,14-16,18,22H,5,8-13,17,19-20H2,1H3,(H,34,36)(H,37,38). The van der Waals surface area contributed by atoms with Crippen LogP contribution in [0, 0.1) is 12.8 Å². The number of benzene rings is 3. The topological polar surface area (TPSA) is 102 Å². The van der Waals surface area contributed by atoms with Gasteiger partial charge in [0.1, 0.15) is 36.1 Å². The minimum absolute atomic E-state index is 0.356. The van der Waals surface area contributed by atoms with E-state index in [-0.39, 0.29) is 0 Å². The van der Waals surface area contributed by atoms with E-state index < -0.39 is 18.3 Å². The lowest BCUT2D eigenvalue weighted by Gasteiger charge is -2.19. The Morgan fingerprint density at radius 1 is 1.02 bits per heavy atom. The molecule has 0 saturated heterocycles. The molecular formula is C33H35NO6. The first-order chi connectivity index (χ1) is 19.4. The number of rotatable bonds is 11. The number of carboxylic acid groups (broad SMARTS) is 1. The lowest BCUT2D eigenvalue weighted by atomic mass is 9.97. The van der Waals surface area contributed by atoms with Gasteiger partial charge in [0.05, 0.1) is 0 Å². The summed E-state index contributed by atoms with van der Waals surface area (Å²) in [6.45, 7) is 2.41. The molecular weight excluding hydrogens is 506 g/mol. The van der Waals surface area contributed by atoms with Gasteiger partial charge in [-0.1, -0.05) is 30.3 Å². The molecule has 3 aromatic carbocycles. The normalized spacial score (nSPS) is 16.0. The first-order valence-electron chi connectivity index (χ1n) is 14.0. The lowest BCUT2D eigenvalue weighted by molar-refractivity contribution is -0.139. The molecule has 0 spiro atoms. The molecule has 1 saturated carbocycles. The Hall–Kier alpha value is -4.13. The summed E-state index contributed by atoms with van der Waals surface area (Å²) in [5, 5.41) is 11.7. The molecule has 0 aliphatic heterocycles. The third kappa shape index (κ3) is 6.71. The number of carbonyl (C=O) groups excluding carboxylic acids is 2. The van der Waals surface area contributed by atoms with Gasteiger partial charge in [0, 0.05) is 24.1 Å². The molecule has 1 unspecified atom stereocenters. The fourth-order valence-corrected chi connectivity index (χ4v) is 5.79. The van der Waals surface area contributed by atoms with Crippen molar-refractivity contribution in [3.05, 3.63) is 82.4 Å². The third-order valence-electron chi connectivity index (χ3n) is 7.78.